The number of methoxy groups -OCH3 is 1. The number of halogens is 2. The lowest BCUT2D eigenvalue weighted by atomic mass is 10.1. The van der Waals surface area contributed by atoms with Crippen molar-refractivity contribution >= 4 is 6.29 Å². The zero-order valence-electron chi connectivity index (χ0n) is 8.24. The molecule has 0 aliphatic carbocycles. The van der Waals surface area contributed by atoms with Crippen LogP contribution >= 0.6 is 0 Å². The predicted molar refractivity (Wildman–Crippen MR) is 50.1 cm³/mol. The number of carbonyl (C=O) groups is 1. The van der Waals surface area contributed by atoms with Crippen molar-refractivity contribution in [1.29, 1.82) is 0 Å². The third-order valence-corrected chi connectivity index (χ3v) is 1.97. The summed E-state index contributed by atoms with van der Waals surface area (Å²) in [4.78, 5) is 14.0. The summed E-state index contributed by atoms with van der Waals surface area (Å²) >= 11 is 0. The minimum Gasteiger partial charge on any atom is -0.481 e. The van der Waals surface area contributed by atoms with E-state index in [0.29, 0.717) is 11.8 Å². The summed E-state index contributed by atoms with van der Waals surface area (Å²) in [5, 5.41) is 0. The minimum atomic E-state index is -2.58. The van der Waals surface area contributed by atoms with Gasteiger partial charge in [-0.05, 0) is 12.0 Å². The van der Waals surface area contributed by atoms with E-state index in [1.807, 2.05) is 0 Å². The first-order valence-corrected chi connectivity index (χ1v) is 4.43. The Kier molecular flexibility index (Phi) is 4.15. The van der Waals surface area contributed by atoms with Gasteiger partial charge in [0.2, 0.25) is 5.88 Å². The summed E-state index contributed by atoms with van der Waals surface area (Å²) in [5.74, 6) is 0.153. The average molecular weight is 215 g/mol. The van der Waals surface area contributed by atoms with Gasteiger partial charge in [0.1, 0.15) is 6.29 Å². The third-order valence-electron chi connectivity index (χ3n) is 1.97. The van der Waals surface area contributed by atoms with E-state index in [1.54, 1.807) is 0 Å². The molecule has 0 aliphatic heterocycles. The molecule has 1 aromatic heterocycles. The SMILES string of the molecule is COc1cc(C(F)F)c(CCC=O)cn1. The zero-order chi connectivity index (χ0) is 11.3. The number of nitrogens with zero attached hydrogens (tertiary/aromatic N) is 1. The van der Waals surface area contributed by atoms with Crippen molar-refractivity contribution in [1.82, 2.24) is 4.98 Å². The molecule has 1 aromatic rings. The largest absolute Gasteiger partial charge is 0.481 e. The van der Waals surface area contributed by atoms with Crippen molar-refractivity contribution in [3.05, 3.63) is 23.4 Å². The molecule has 0 aliphatic rings. The highest BCUT2D eigenvalue weighted by Crippen LogP contribution is 2.26. The van der Waals surface area contributed by atoms with E-state index in [9.17, 15) is 13.6 Å². The van der Waals surface area contributed by atoms with E-state index in [1.165, 1.54) is 19.4 Å². The van der Waals surface area contributed by atoms with E-state index in [4.69, 9.17) is 4.74 Å². The standard InChI is InChI=1S/C10H11F2NO2/c1-15-9-5-8(10(11)12)7(6-13-9)3-2-4-14/h4-6,10H,2-3H2,1H3. The van der Waals surface area contributed by atoms with E-state index < -0.39 is 6.43 Å². The number of aromatic nitrogens is 1. The molecule has 82 valence electrons. The predicted octanol–water partition coefficient (Wildman–Crippen LogP) is 2.16. The van der Waals surface area contributed by atoms with Crippen LogP contribution in [0.3, 0.4) is 0 Å². The molecule has 0 amide bonds. The maximum absolute atomic E-state index is 12.6. The number of hydrogen-bond acceptors (Lipinski definition) is 3. The molecule has 0 aromatic carbocycles. The van der Waals surface area contributed by atoms with Crippen LogP contribution in [0.1, 0.15) is 24.0 Å². The first-order valence-electron chi connectivity index (χ1n) is 4.43. The summed E-state index contributed by atoms with van der Waals surface area (Å²) in [6.45, 7) is 0. The molecule has 0 spiro atoms. The molecular weight excluding hydrogens is 204 g/mol. The average Bonchev–Trinajstić information content (AvgIpc) is 2.26. The maximum atomic E-state index is 12.6. The summed E-state index contributed by atoms with van der Waals surface area (Å²) in [6.07, 6.45) is -0.0689. The summed E-state index contributed by atoms with van der Waals surface area (Å²) in [6, 6.07) is 1.20. The van der Waals surface area contributed by atoms with Crippen LogP contribution in [0.4, 0.5) is 8.78 Å². The van der Waals surface area contributed by atoms with Crippen LogP contribution in [0.5, 0.6) is 5.88 Å². The lowest BCUT2D eigenvalue weighted by Gasteiger charge is -2.08. The lowest BCUT2D eigenvalue weighted by molar-refractivity contribution is -0.107. The second-order valence-corrected chi connectivity index (χ2v) is 2.93. The van der Waals surface area contributed by atoms with Crippen molar-refractivity contribution in [3.63, 3.8) is 0 Å². The second-order valence-electron chi connectivity index (χ2n) is 2.93. The molecule has 0 bridgehead atoms. The summed E-state index contributed by atoms with van der Waals surface area (Å²) in [7, 11) is 1.36. The van der Waals surface area contributed by atoms with Gasteiger partial charge in [0.05, 0.1) is 7.11 Å². The van der Waals surface area contributed by atoms with Crippen LogP contribution in [0.25, 0.3) is 0 Å². The number of aryl methyl sites for hydroxylation is 1. The molecule has 15 heavy (non-hydrogen) atoms. The van der Waals surface area contributed by atoms with Crippen LogP contribution in [0.15, 0.2) is 12.3 Å². The molecule has 0 saturated heterocycles. The Morgan fingerprint density at radius 3 is 2.87 bits per heavy atom. The molecule has 0 saturated carbocycles. The molecular formula is C10H11F2NO2. The number of carbonyl (C=O) groups excluding carboxylic acids is 1. The van der Waals surface area contributed by atoms with Crippen molar-refractivity contribution in [2.75, 3.05) is 7.11 Å². The van der Waals surface area contributed by atoms with Gasteiger partial charge in [0, 0.05) is 24.2 Å². The van der Waals surface area contributed by atoms with Gasteiger partial charge in [-0.25, -0.2) is 13.8 Å². The van der Waals surface area contributed by atoms with Crippen molar-refractivity contribution in [3.8, 4) is 5.88 Å². The fourth-order valence-corrected chi connectivity index (χ4v) is 1.22. The van der Waals surface area contributed by atoms with Crippen molar-refractivity contribution < 1.29 is 18.3 Å². The second kappa shape index (κ2) is 5.38. The first kappa shape index (κ1) is 11.6. The van der Waals surface area contributed by atoms with Crippen LogP contribution in [-0.4, -0.2) is 18.4 Å². The fraction of sp³-hybridized carbons (Fsp3) is 0.400. The quantitative estimate of drug-likeness (QED) is 0.706. The van der Waals surface area contributed by atoms with Crippen LogP contribution in [0, 0.1) is 0 Å². The van der Waals surface area contributed by atoms with Crippen LogP contribution in [-0.2, 0) is 11.2 Å². The molecule has 0 atom stereocenters. The van der Waals surface area contributed by atoms with E-state index in [0.717, 1.165) is 0 Å². The maximum Gasteiger partial charge on any atom is 0.264 e. The highest BCUT2D eigenvalue weighted by molar-refractivity contribution is 5.50. The monoisotopic (exact) mass is 215 g/mol. The minimum absolute atomic E-state index is 0.122. The van der Waals surface area contributed by atoms with Crippen molar-refractivity contribution in [2.24, 2.45) is 0 Å². The number of pyridine rings is 1. The molecule has 0 fully saturated rings. The molecule has 1 rings (SSSR count). The Balaban J connectivity index is 2.98. The third kappa shape index (κ3) is 2.97. The number of alkyl halides is 2. The van der Waals surface area contributed by atoms with Gasteiger partial charge in [-0.1, -0.05) is 0 Å². The van der Waals surface area contributed by atoms with Gasteiger partial charge in [-0.3, -0.25) is 0 Å². The molecule has 5 heteroatoms. The highest BCUT2D eigenvalue weighted by atomic mass is 19.3. The highest BCUT2D eigenvalue weighted by Gasteiger charge is 2.14. The Bertz CT molecular complexity index is 342. The first-order chi connectivity index (χ1) is 7.19. The van der Waals surface area contributed by atoms with Crippen LogP contribution < -0.4 is 4.74 Å². The molecule has 3 nitrogen and oxygen atoms in total. The lowest BCUT2D eigenvalue weighted by Crippen LogP contribution is -1.99. The Hall–Kier alpha value is -1.52. The van der Waals surface area contributed by atoms with Crippen LogP contribution in [0.2, 0.25) is 0 Å². The van der Waals surface area contributed by atoms with E-state index in [2.05, 4.69) is 4.98 Å². The molecule has 0 radical (unpaired) electrons. The fourth-order valence-electron chi connectivity index (χ4n) is 1.22. The zero-order valence-corrected chi connectivity index (χ0v) is 8.24. The topological polar surface area (TPSA) is 39.2 Å². The van der Waals surface area contributed by atoms with Gasteiger partial charge in [0.25, 0.3) is 6.43 Å². The van der Waals surface area contributed by atoms with E-state index >= 15 is 0 Å². The van der Waals surface area contributed by atoms with Gasteiger partial charge >= 0.3 is 0 Å². The summed E-state index contributed by atoms with van der Waals surface area (Å²) < 4.78 is 29.9. The number of aldehydes is 1. The molecule has 0 unspecified atom stereocenters. The van der Waals surface area contributed by atoms with E-state index in [-0.39, 0.29) is 24.3 Å². The van der Waals surface area contributed by atoms with Crippen molar-refractivity contribution in [2.45, 2.75) is 19.3 Å². The Morgan fingerprint density at radius 2 is 2.33 bits per heavy atom. The molecule has 0 N–H and O–H groups in total. The summed E-state index contributed by atoms with van der Waals surface area (Å²) in [5.41, 5.74) is 0.265. The normalized spacial score (nSPS) is 10.4. The Morgan fingerprint density at radius 1 is 1.60 bits per heavy atom. The number of rotatable bonds is 5. The van der Waals surface area contributed by atoms with Gasteiger partial charge in [0.15, 0.2) is 0 Å². The molecule has 1 heterocycles. The Labute approximate surface area is 86.1 Å². The van der Waals surface area contributed by atoms with Gasteiger partial charge < -0.3 is 9.53 Å². The number of ether oxygens (including phenoxy) is 1. The number of hydrogen-bond donors (Lipinski definition) is 0. The van der Waals surface area contributed by atoms with Gasteiger partial charge in [-0.2, -0.15) is 0 Å². The van der Waals surface area contributed by atoms with Gasteiger partial charge in [-0.15, -0.1) is 0 Å². The smallest absolute Gasteiger partial charge is 0.264 e.